The second-order valence-corrected chi connectivity index (χ2v) is 8.57. The van der Waals surface area contributed by atoms with E-state index in [0.29, 0.717) is 58.3 Å². The molecule has 1 saturated heterocycles. The first-order valence-electron chi connectivity index (χ1n) is 11.6. The van der Waals surface area contributed by atoms with Crippen molar-refractivity contribution in [3.05, 3.63) is 53.3 Å². The average molecular weight is 485 g/mol. The SMILES string of the molecule is CCOC(=O)c1cc(-c2ccn3ncc(-c4c(C)nn(C(F)F)c4C)c3c2)oc1C1CCOCC1. The van der Waals surface area contributed by atoms with E-state index >= 15 is 0 Å². The Morgan fingerprint density at radius 2 is 2.03 bits per heavy atom. The summed E-state index contributed by atoms with van der Waals surface area (Å²) in [6.45, 7) is 3.84. The molecular weight excluding hydrogens is 458 g/mol. The van der Waals surface area contributed by atoms with Crippen LogP contribution in [0.4, 0.5) is 8.78 Å². The Labute approximate surface area is 200 Å². The molecule has 5 heterocycles. The van der Waals surface area contributed by atoms with E-state index in [1.165, 1.54) is 0 Å². The summed E-state index contributed by atoms with van der Waals surface area (Å²) in [5.41, 5.74) is 4.04. The van der Waals surface area contributed by atoms with Crippen LogP contribution in [0.1, 0.15) is 59.7 Å². The fourth-order valence-electron chi connectivity index (χ4n) is 4.75. The number of furan rings is 1. The molecule has 0 bridgehead atoms. The molecule has 4 aromatic rings. The molecule has 0 saturated carbocycles. The Balaban J connectivity index is 1.60. The maximum atomic E-state index is 13.4. The highest BCUT2D eigenvalue weighted by atomic mass is 19.3. The Bertz CT molecular complexity index is 1380. The van der Waals surface area contributed by atoms with Crippen LogP contribution < -0.4 is 0 Å². The van der Waals surface area contributed by atoms with E-state index < -0.39 is 12.5 Å². The summed E-state index contributed by atoms with van der Waals surface area (Å²) in [5, 5.41) is 8.39. The predicted molar refractivity (Wildman–Crippen MR) is 124 cm³/mol. The number of pyridine rings is 1. The molecular formula is C25H26F2N4O4. The molecule has 0 spiro atoms. The van der Waals surface area contributed by atoms with Gasteiger partial charge < -0.3 is 13.9 Å². The molecule has 0 aliphatic carbocycles. The number of hydrogen-bond acceptors (Lipinski definition) is 6. The smallest absolute Gasteiger partial charge is 0.341 e. The van der Waals surface area contributed by atoms with Gasteiger partial charge in [0.25, 0.3) is 0 Å². The van der Waals surface area contributed by atoms with Gasteiger partial charge in [0, 0.05) is 47.7 Å². The molecule has 1 aliphatic rings. The van der Waals surface area contributed by atoms with Gasteiger partial charge in [-0.3, -0.25) is 0 Å². The number of carbonyl (C=O) groups is 1. The third kappa shape index (κ3) is 4.12. The van der Waals surface area contributed by atoms with Crippen molar-refractivity contribution in [1.82, 2.24) is 19.4 Å². The van der Waals surface area contributed by atoms with E-state index in [1.54, 1.807) is 43.7 Å². The van der Waals surface area contributed by atoms with Crippen LogP contribution >= 0.6 is 0 Å². The quantitative estimate of drug-likeness (QED) is 0.334. The van der Waals surface area contributed by atoms with Crippen LogP contribution in [0.2, 0.25) is 0 Å². The molecule has 10 heteroatoms. The van der Waals surface area contributed by atoms with E-state index in [4.69, 9.17) is 13.9 Å². The summed E-state index contributed by atoms with van der Waals surface area (Å²) in [4.78, 5) is 12.7. The minimum atomic E-state index is -2.73. The molecule has 0 radical (unpaired) electrons. The fourth-order valence-corrected chi connectivity index (χ4v) is 4.75. The molecule has 0 unspecified atom stereocenters. The molecule has 0 aromatic carbocycles. The van der Waals surface area contributed by atoms with Gasteiger partial charge in [0.15, 0.2) is 0 Å². The van der Waals surface area contributed by atoms with Crippen LogP contribution in [0.25, 0.3) is 28.0 Å². The van der Waals surface area contributed by atoms with Crippen molar-refractivity contribution < 1.29 is 27.5 Å². The average Bonchev–Trinajstić information content (AvgIpc) is 3.55. The third-order valence-corrected chi connectivity index (χ3v) is 6.43. The van der Waals surface area contributed by atoms with Crippen molar-refractivity contribution in [2.24, 2.45) is 0 Å². The monoisotopic (exact) mass is 484 g/mol. The lowest BCUT2D eigenvalue weighted by atomic mass is 9.95. The van der Waals surface area contributed by atoms with Gasteiger partial charge in [-0.05, 0) is 51.8 Å². The number of ether oxygens (including phenoxy) is 2. The first-order chi connectivity index (χ1) is 16.9. The number of carbonyl (C=O) groups excluding carboxylic acids is 1. The first-order valence-corrected chi connectivity index (χ1v) is 11.6. The van der Waals surface area contributed by atoms with Crippen molar-refractivity contribution in [1.29, 1.82) is 0 Å². The summed E-state index contributed by atoms with van der Waals surface area (Å²) < 4.78 is 46.2. The highest BCUT2D eigenvalue weighted by Gasteiger charge is 2.28. The van der Waals surface area contributed by atoms with E-state index in [2.05, 4.69) is 10.2 Å². The number of aryl methyl sites for hydroxylation is 1. The summed E-state index contributed by atoms with van der Waals surface area (Å²) in [5.74, 6) is 0.790. The second kappa shape index (κ2) is 9.26. The van der Waals surface area contributed by atoms with Gasteiger partial charge in [-0.1, -0.05) is 0 Å². The standard InChI is InChI=1S/C25H26F2N4O4/c1-4-34-24(32)18-12-21(35-23(18)16-6-9-33-10-7-16)17-5-8-30-20(11-17)19(13-28-30)22-14(2)29-31(15(22)3)25(26)27/h5,8,11-13,16,25H,4,6-7,9-10H2,1-3H3. The van der Waals surface area contributed by atoms with Crippen molar-refractivity contribution in [3.63, 3.8) is 0 Å². The van der Waals surface area contributed by atoms with Crippen molar-refractivity contribution >= 4 is 11.5 Å². The molecule has 0 atom stereocenters. The maximum Gasteiger partial charge on any atom is 0.341 e. The zero-order valence-corrected chi connectivity index (χ0v) is 19.8. The lowest BCUT2D eigenvalue weighted by molar-refractivity contribution is 0.0513. The number of esters is 1. The zero-order chi connectivity index (χ0) is 24.7. The number of alkyl halides is 2. The predicted octanol–water partition coefficient (Wildman–Crippen LogP) is 5.54. The largest absolute Gasteiger partial charge is 0.462 e. The van der Waals surface area contributed by atoms with Gasteiger partial charge in [0.1, 0.15) is 17.1 Å². The van der Waals surface area contributed by atoms with Gasteiger partial charge in [-0.2, -0.15) is 19.0 Å². The minimum absolute atomic E-state index is 0.0663. The third-order valence-electron chi connectivity index (χ3n) is 6.43. The number of aromatic nitrogens is 4. The molecule has 184 valence electrons. The normalized spacial score (nSPS) is 14.8. The summed E-state index contributed by atoms with van der Waals surface area (Å²) >= 11 is 0. The Hall–Kier alpha value is -3.53. The number of nitrogens with zero attached hydrogens (tertiary/aromatic N) is 4. The van der Waals surface area contributed by atoms with E-state index in [-0.39, 0.29) is 12.5 Å². The molecule has 35 heavy (non-hydrogen) atoms. The lowest BCUT2D eigenvalue weighted by Crippen LogP contribution is -2.16. The van der Waals surface area contributed by atoms with E-state index in [0.717, 1.165) is 23.1 Å². The van der Waals surface area contributed by atoms with Crippen molar-refractivity contribution in [3.8, 4) is 22.5 Å². The highest BCUT2D eigenvalue weighted by Crippen LogP contribution is 2.38. The molecule has 5 rings (SSSR count). The van der Waals surface area contributed by atoms with Gasteiger partial charge in [0.05, 0.1) is 24.0 Å². The van der Waals surface area contributed by atoms with Crippen LogP contribution in [0, 0.1) is 13.8 Å². The molecule has 8 nitrogen and oxygen atoms in total. The summed E-state index contributed by atoms with van der Waals surface area (Å²) in [6, 6.07) is 5.44. The van der Waals surface area contributed by atoms with Crippen LogP contribution in [0.15, 0.2) is 35.0 Å². The molecule has 1 fully saturated rings. The minimum Gasteiger partial charge on any atom is -0.462 e. The van der Waals surface area contributed by atoms with Crippen LogP contribution in [0.3, 0.4) is 0 Å². The Morgan fingerprint density at radius 1 is 1.26 bits per heavy atom. The molecule has 1 aliphatic heterocycles. The fraction of sp³-hybridized carbons (Fsp3) is 0.400. The van der Waals surface area contributed by atoms with Crippen molar-refractivity contribution in [2.45, 2.75) is 46.1 Å². The highest BCUT2D eigenvalue weighted by molar-refractivity contribution is 5.92. The number of hydrogen-bond donors (Lipinski definition) is 0. The summed E-state index contributed by atoms with van der Waals surface area (Å²) in [7, 11) is 0. The second-order valence-electron chi connectivity index (χ2n) is 8.57. The van der Waals surface area contributed by atoms with Gasteiger partial charge in [0.2, 0.25) is 0 Å². The lowest BCUT2D eigenvalue weighted by Gasteiger charge is -2.20. The molecule has 0 N–H and O–H groups in total. The van der Waals surface area contributed by atoms with Crippen LogP contribution in [-0.4, -0.2) is 45.2 Å². The Kier molecular flexibility index (Phi) is 6.14. The first kappa shape index (κ1) is 23.2. The van der Waals surface area contributed by atoms with Crippen LogP contribution in [-0.2, 0) is 9.47 Å². The topological polar surface area (TPSA) is 83.8 Å². The van der Waals surface area contributed by atoms with Crippen molar-refractivity contribution in [2.75, 3.05) is 19.8 Å². The molecule has 4 aromatic heterocycles. The van der Waals surface area contributed by atoms with Gasteiger partial charge in [-0.25, -0.2) is 14.0 Å². The molecule has 0 amide bonds. The maximum absolute atomic E-state index is 13.4. The number of rotatable bonds is 6. The van der Waals surface area contributed by atoms with E-state index in [1.807, 2.05) is 12.1 Å². The van der Waals surface area contributed by atoms with Gasteiger partial charge in [-0.15, -0.1) is 0 Å². The Morgan fingerprint density at radius 3 is 2.71 bits per heavy atom. The van der Waals surface area contributed by atoms with Crippen LogP contribution in [0.5, 0.6) is 0 Å². The van der Waals surface area contributed by atoms with E-state index in [9.17, 15) is 13.6 Å². The number of fused-ring (bicyclic) bond motifs is 1. The summed E-state index contributed by atoms with van der Waals surface area (Å²) in [6.07, 6.45) is 4.94. The number of halogens is 2. The van der Waals surface area contributed by atoms with Gasteiger partial charge >= 0.3 is 12.5 Å². The zero-order valence-electron chi connectivity index (χ0n) is 19.8.